The molecule has 0 aliphatic carbocycles. The first-order valence-electron chi connectivity index (χ1n) is 5.81. The van der Waals surface area contributed by atoms with E-state index in [0.29, 0.717) is 6.54 Å². The zero-order chi connectivity index (χ0) is 11.4. The second kappa shape index (κ2) is 4.70. The Balaban J connectivity index is 1.87. The van der Waals surface area contributed by atoms with Gasteiger partial charge in [0.1, 0.15) is 0 Å². The molecule has 1 aliphatic heterocycles. The van der Waals surface area contributed by atoms with E-state index in [-0.39, 0.29) is 11.3 Å². The summed E-state index contributed by atoms with van der Waals surface area (Å²) in [5.41, 5.74) is 0.870. The summed E-state index contributed by atoms with van der Waals surface area (Å²) in [5, 5.41) is 6.28. The Morgan fingerprint density at radius 1 is 1.62 bits per heavy atom. The predicted octanol–water partition coefficient (Wildman–Crippen LogP) is 1.02. The molecule has 0 radical (unpaired) electrons. The maximum atomic E-state index is 12.1. The number of aromatic amines is 1. The highest BCUT2D eigenvalue weighted by Gasteiger charge is 2.34. The van der Waals surface area contributed by atoms with E-state index >= 15 is 0 Å². The Labute approximate surface area is 95.8 Å². The van der Waals surface area contributed by atoms with E-state index in [0.717, 1.165) is 31.5 Å². The van der Waals surface area contributed by atoms with Gasteiger partial charge in [-0.3, -0.25) is 4.79 Å². The fraction of sp³-hybridized carbons (Fsp3) is 0.583. The highest BCUT2D eigenvalue weighted by Crippen LogP contribution is 2.25. The van der Waals surface area contributed by atoms with Gasteiger partial charge in [0.15, 0.2) is 0 Å². The van der Waals surface area contributed by atoms with Gasteiger partial charge < -0.3 is 15.6 Å². The number of hydrogen-bond donors (Lipinski definition) is 3. The molecular weight excluding hydrogens is 202 g/mol. The minimum Gasteiger partial charge on any atom is -0.367 e. The largest absolute Gasteiger partial charge is 0.367 e. The van der Waals surface area contributed by atoms with Crippen molar-refractivity contribution in [1.29, 1.82) is 0 Å². The molecule has 1 unspecified atom stereocenters. The van der Waals surface area contributed by atoms with Gasteiger partial charge in [-0.15, -0.1) is 0 Å². The van der Waals surface area contributed by atoms with Crippen molar-refractivity contribution in [2.75, 3.05) is 13.1 Å². The average molecular weight is 221 g/mol. The van der Waals surface area contributed by atoms with Gasteiger partial charge in [0.25, 0.3) is 0 Å². The smallest absolute Gasteiger partial charge is 0.227 e. The van der Waals surface area contributed by atoms with Gasteiger partial charge in [-0.1, -0.05) is 0 Å². The lowest BCUT2D eigenvalue weighted by Crippen LogP contribution is -2.48. The molecular formula is C12H19N3O. The first kappa shape index (κ1) is 11.2. The number of hydrogen-bond acceptors (Lipinski definition) is 2. The number of amides is 1. The first-order valence-corrected chi connectivity index (χ1v) is 5.81. The summed E-state index contributed by atoms with van der Waals surface area (Å²) in [6, 6.07) is 1.97. The van der Waals surface area contributed by atoms with E-state index in [4.69, 9.17) is 0 Å². The molecule has 4 heteroatoms. The topological polar surface area (TPSA) is 56.9 Å². The van der Waals surface area contributed by atoms with Crippen molar-refractivity contribution in [3.05, 3.63) is 24.0 Å². The van der Waals surface area contributed by atoms with E-state index < -0.39 is 0 Å². The van der Waals surface area contributed by atoms with Crippen molar-refractivity contribution in [3.63, 3.8) is 0 Å². The number of carbonyl (C=O) groups is 1. The van der Waals surface area contributed by atoms with Crippen molar-refractivity contribution in [1.82, 2.24) is 15.6 Å². The number of nitrogens with one attached hydrogen (secondary N) is 3. The summed E-state index contributed by atoms with van der Waals surface area (Å²) in [7, 11) is 0. The molecule has 0 spiro atoms. The third-order valence-corrected chi connectivity index (χ3v) is 3.26. The molecule has 0 bridgehead atoms. The van der Waals surface area contributed by atoms with Gasteiger partial charge in [-0.25, -0.2) is 0 Å². The van der Waals surface area contributed by atoms with Crippen LogP contribution in [0, 0.1) is 5.41 Å². The molecule has 4 nitrogen and oxygen atoms in total. The summed E-state index contributed by atoms with van der Waals surface area (Å²) in [4.78, 5) is 15.0. The Bertz CT molecular complexity index is 339. The lowest BCUT2D eigenvalue weighted by molar-refractivity contribution is -0.131. The van der Waals surface area contributed by atoms with Crippen molar-refractivity contribution >= 4 is 5.91 Å². The van der Waals surface area contributed by atoms with E-state index in [1.807, 2.05) is 25.4 Å². The van der Waals surface area contributed by atoms with Gasteiger partial charge in [-0.2, -0.15) is 0 Å². The van der Waals surface area contributed by atoms with Crippen LogP contribution < -0.4 is 10.6 Å². The second-order valence-corrected chi connectivity index (χ2v) is 4.74. The molecule has 1 aromatic heterocycles. The standard InChI is InChI=1S/C12H19N3O/c1-12(4-2-5-14-9-12)11(16)15-8-10-3-6-13-7-10/h3,6-7,13-14H,2,4-5,8-9H2,1H3,(H,15,16). The lowest BCUT2D eigenvalue weighted by Gasteiger charge is -2.32. The van der Waals surface area contributed by atoms with Crippen molar-refractivity contribution < 1.29 is 4.79 Å². The third kappa shape index (κ3) is 2.44. The number of rotatable bonds is 3. The van der Waals surface area contributed by atoms with Crippen LogP contribution in [0.25, 0.3) is 0 Å². The summed E-state index contributed by atoms with van der Waals surface area (Å²) < 4.78 is 0. The molecule has 16 heavy (non-hydrogen) atoms. The Hall–Kier alpha value is -1.29. The van der Waals surface area contributed by atoms with Crippen LogP contribution in [0.5, 0.6) is 0 Å². The van der Waals surface area contributed by atoms with Crippen LogP contribution in [-0.2, 0) is 11.3 Å². The Morgan fingerprint density at radius 3 is 3.12 bits per heavy atom. The fourth-order valence-corrected chi connectivity index (χ4v) is 2.11. The summed E-state index contributed by atoms with van der Waals surface area (Å²) in [6.07, 6.45) is 5.82. The maximum absolute atomic E-state index is 12.1. The number of carbonyl (C=O) groups excluding carboxylic acids is 1. The third-order valence-electron chi connectivity index (χ3n) is 3.26. The van der Waals surface area contributed by atoms with Gasteiger partial charge in [0.05, 0.1) is 5.41 Å². The van der Waals surface area contributed by atoms with Gasteiger partial charge >= 0.3 is 0 Å². The quantitative estimate of drug-likeness (QED) is 0.713. The molecule has 1 atom stereocenters. The van der Waals surface area contributed by atoms with Crippen LogP contribution in [0.2, 0.25) is 0 Å². The molecule has 1 fully saturated rings. The minimum absolute atomic E-state index is 0.154. The SMILES string of the molecule is CC1(C(=O)NCc2cc[nH]c2)CCCNC1. The number of piperidine rings is 1. The molecule has 1 saturated heterocycles. The van der Waals surface area contributed by atoms with Gasteiger partial charge in [0, 0.05) is 25.5 Å². The molecule has 2 rings (SSSR count). The summed E-state index contributed by atoms with van der Waals surface area (Å²) in [5.74, 6) is 0.154. The molecule has 1 amide bonds. The number of aromatic nitrogens is 1. The first-order chi connectivity index (χ1) is 7.71. The second-order valence-electron chi connectivity index (χ2n) is 4.74. The van der Waals surface area contributed by atoms with Crippen molar-refractivity contribution in [2.24, 2.45) is 5.41 Å². The predicted molar refractivity (Wildman–Crippen MR) is 62.9 cm³/mol. The van der Waals surface area contributed by atoms with Crippen molar-refractivity contribution in [2.45, 2.75) is 26.3 Å². The normalized spacial score (nSPS) is 25.3. The monoisotopic (exact) mass is 221 g/mol. The minimum atomic E-state index is -0.242. The highest BCUT2D eigenvalue weighted by molar-refractivity contribution is 5.82. The van der Waals surface area contributed by atoms with Crippen LogP contribution in [0.4, 0.5) is 0 Å². The van der Waals surface area contributed by atoms with Crippen LogP contribution in [0.15, 0.2) is 18.5 Å². The Morgan fingerprint density at radius 2 is 2.50 bits per heavy atom. The van der Waals surface area contributed by atoms with E-state index in [2.05, 4.69) is 15.6 Å². The highest BCUT2D eigenvalue weighted by atomic mass is 16.2. The summed E-state index contributed by atoms with van der Waals surface area (Å²) >= 11 is 0. The number of H-pyrrole nitrogens is 1. The summed E-state index contributed by atoms with van der Waals surface area (Å²) in [6.45, 7) is 4.45. The van der Waals surface area contributed by atoms with Crippen molar-refractivity contribution in [3.8, 4) is 0 Å². The molecule has 0 aromatic carbocycles. The van der Waals surface area contributed by atoms with E-state index in [9.17, 15) is 4.79 Å². The molecule has 88 valence electrons. The maximum Gasteiger partial charge on any atom is 0.227 e. The molecule has 1 aromatic rings. The van der Waals surface area contributed by atoms with Gasteiger partial charge in [0.2, 0.25) is 5.91 Å². The fourth-order valence-electron chi connectivity index (χ4n) is 2.11. The van der Waals surface area contributed by atoms with E-state index in [1.165, 1.54) is 0 Å². The van der Waals surface area contributed by atoms with Crippen LogP contribution in [-0.4, -0.2) is 24.0 Å². The van der Waals surface area contributed by atoms with Crippen LogP contribution >= 0.6 is 0 Å². The van der Waals surface area contributed by atoms with E-state index in [1.54, 1.807) is 0 Å². The Kier molecular flexibility index (Phi) is 3.29. The molecule has 2 heterocycles. The van der Waals surface area contributed by atoms with Crippen LogP contribution in [0.1, 0.15) is 25.3 Å². The molecule has 0 saturated carbocycles. The zero-order valence-electron chi connectivity index (χ0n) is 9.68. The molecule has 1 aliphatic rings. The van der Waals surface area contributed by atoms with Gasteiger partial charge in [-0.05, 0) is 37.9 Å². The zero-order valence-corrected chi connectivity index (χ0v) is 9.68. The lowest BCUT2D eigenvalue weighted by atomic mass is 9.82. The average Bonchev–Trinajstić information content (AvgIpc) is 2.79. The molecule has 3 N–H and O–H groups in total. The van der Waals surface area contributed by atoms with Crippen LogP contribution in [0.3, 0.4) is 0 Å².